The molecular formula is C46H62N10O13S2. The number of amides is 9. The fourth-order valence-electron chi connectivity index (χ4n) is 7.27. The van der Waals surface area contributed by atoms with E-state index in [9.17, 15) is 63.3 Å². The van der Waals surface area contributed by atoms with E-state index < -0.39 is 120 Å². The minimum Gasteiger partial charge on any atom is -0.508 e. The fourth-order valence-corrected chi connectivity index (χ4v) is 9.52. The van der Waals surface area contributed by atoms with E-state index in [4.69, 9.17) is 5.73 Å². The van der Waals surface area contributed by atoms with Gasteiger partial charge in [0, 0.05) is 30.9 Å². The van der Waals surface area contributed by atoms with Crippen molar-refractivity contribution in [3.05, 3.63) is 59.7 Å². The molecule has 10 atom stereocenters. The SMILES string of the molecule is CC[C@H](C)[C@@H]1NC(=O)[C@H](Cc2ccc(O)cc2)NC(=O)[C@H](C)NC(=O)[C@H](CO)NC(=O)[C@H](Cc2ccc(O)cc2)NC(=O)[C@H](C)NC(=O)[C@@H]2CCCN2C(=O)[C@@H](N)CSSC[C@@H](C=O)NC(=O)C=NC1=O. The molecule has 12 N–H and O–H groups in total. The molecule has 0 saturated carbocycles. The molecule has 2 aromatic rings. The number of phenols is 2. The first-order valence-electron chi connectivity index (χ1n) is 22.9. The lowest BCUT2D eigenvalue weighted by atomic mass is 9.97. The van der Waals surface area contributed by atoms with Crippen LogP contribution in [-0.2, 0) is 60.8 Å². The lowest BCUT2D eigenvalue weighted by Gasteiger charge is -2.28. The summed E-state index contributed by atoms with van der Waals surface area (Å²) in [5, 5.41) is 47.5. The molecule has 4 rings (SSSR count). The van der Waals surface area contributed by atoms with E-state index in [1.165, 1.54) is 67.3 Å². The average molecular weight is 1030 g/mol. The zero-order valence-electron chi connectivity index (χ0n) is 39.6. The van der Waals surface area contributed by atoms with Gasteiger partial charge in [0.25, 0.3) is 11.8 Å². The smallest absolute Gasteiger partial charge is 0.268 e. The molecule has 0 unspecified atom stereocenters. The van der Waals surface area contributed by atoms with Gasteiger partial charge in [0.05, 0.1) is 24.9 Å². The normalized spacial score (nSPS) is 27.2. The number of rotatable bonds is 8. The van der Waals surface area contributed by atoms with Crippen molar-refractivity contribution in [2.75, 3.05) is 24.7 Å². The van der Waals surface area contributed by atoms with E-state index in [0.717, 1.165) is 21.6 Å². The lowest BCUT2D eigenvalue weighted by molar-refractivity contribution is -0.140. The fraction of sp³-hybridized carbons (Fsp3) is 0.500. The van der Waals surface area contributed by atoms with Crippen molar-refractivity contribution in [3.8, 4) is 11.5 Å². The Kier molecular flexibility index (Phi) is 22.3. The van der Waals surface area contributed by atoms with Crippen LogP contribution in [0, 0.1) is 5.92 Å². The predicted octanol–water partition coefficient (Wildman–Crippen LogP) is -2.14. The molecule has 2 heterocycles. The number of benzene rings is 2. The van der Waals surface area contributed by atoms with Gasteiger partial charge >= 0.3 is 0 Å². The molecule has 0 radical (unpaired) electrons. The maximum Gasteiger partial charge on any atom is 0.268 e. The standard InChI is InChI=1S/C46H62N10O13S2/c1-5-24(2)38-45(68)48-19-37(61)51-29(20-57)22-70-71-23-32(47)46(69)56-16-6-7-36(56)44(67)50-26(4)40(63)52-33(17-27-8-12-30(59)13-9-27)41(64)54-35(21-58)43(66)49-25(3)39(62)53-34(42(65)55-38)18-28-10-14-31(60)15-11-28/h8-15,19-20,24-26,29,32-36,38,58-60H,5-7,16-18,21-23,47H2,1-4H3,(H,49,66)(H,50,67)(H,51,61)(H,52,63)(H,53,62)(H,54,64)(H,55,65)/t24-,25-,26-,29+,32-,33-,34-,35-,36-,38-/m0/s1. The number of nitrogens with one attached hydrogen (secondary N) is 7. The number of aldehydes is 1. The molecule has 2 aliphatic heterocycles. The van der Waals surface area contributed by atoms with Gasteiger partial charge < -0.3 is 68.0 Å². The molecule has 1 fully saturated rings. The van der Waals surface area contributed by atoms with Gasteiger partial charge in [0.2, 0.25) is 41.4 Å². The molecule has 386 valence electrons. The van der Waals surface area contributed by atoms with Crippen molar-refractivity contribution in [1.82, 2.24) is 42.1 Å². The van der Waals surface area contributed by atoms with E-state index in [1.54, 1.807) is 13.8 Å². The molecule has 23 nitrogen and oxygen atoms in total. The van der Waals surface area contributed by atoms with Crippen LogP contribution in [-0.4, -0.2) is 165 Å². The number of hydrogen-bond donors (Lipinski definition) is 11. The summed E-state index contributed by atoms with van der Waals surface area (Å²) in [6, 6.07) is -0.265. The van der Waals surface area contributed by atoms with Gasteiger partial charge in [-0.2, -0.15) is 0 Å². The Hall–Kier alpha value is -6.57. The third kappa shape index (κ3) is 17.4. The van der Waals surface area contributed by atoms with Crippen LogP contribution in [0.1, 0.15) is 58.1 Å². The second kappa shape index (κ2) is 27.7. The van der Waals surface area contributed by atoms with Crippen LogP contribution < -0.4 is 43.0 Å². The Bertz CT molecular complexity index is 2270. The molecule has 0 aromatic heterocycles. The second-order valence-electron chi connectivity index (χ2n) is 17.2. The highest BCUT2D eigenvalue weighted by Gasteiger charge is 2.38. The van der Waals surface area contributed by atoms with E-state index in [-0.39, 0.29) is 48.8 Å². The Morgan fingerprint density at radius 3 is 1.72 bits per heavy atom. The van der Waals surface area contributed by atoms with Crippen LogP contribution in [0.3, 0.4) is 0 Å². The Labute approximate surface area is 417 Å². The highest BCUT2D eigenvalue weighted by Crippen LogP contribution is 2.25. The number of hydrogen-bond acceptors (Lipinski definition) is 16. The van der Waals surface area contributed by atoms with Gasteiger partial charge in [-0.05, 0) is 68.0 Å². The number of nitrogens with zero attached hydrogens (tertiary/aromatic N) is 2. The zero-order chi connectivity index (χ0) is 52.4. The molecule has 0 aliphatic carbocycles. The van der Waals surface area contributed by atoms with Gasteiger partial charge in [0.1, 0.15) is 60.1 Å². The summed E-state index contributed by atoms with van der Waals surface area (Å²) >= 11 is 0. The summed E-state index contributed by atoms with van der Waals surface area (Å²) in [5.74, 6) is -8.25. The summed E-state index contributed by atoms with van der Waals surface area (Å²) in [6.07, 6.45) is 1.85. The molecule has 0 spiro atoms. The predicted molar refractivity (Wildman–Crippen MR) is 262 cm³/mol. The van der Waals surface area contributed by atoms with Crippen molar-refractivity contribution in [2.45, 2.75) is 114 Å². The number of nitrogens with two attached hydrogens (primary N) is 1. The van der Waals surface area contributed by atoms with Crippen LogP contribution in [0.15, 0.2) is 53.5 Å². The zero-order valence-corrected chi connectivity index (χ0v) is 41.3. The summed E-state index contributed by atoms with van der Waals surface area (Å²) in [4.78, 5) is 139. The van der Waals surface area contributed by atoms with E-state index in [1.807, 2.05) is 0 Å². The van der Waals surface area contributed by atoms with Crippen molar-refractivity contribution in [2.24, 2.45) is 16.6 Å². The summed E-state index contributed by atoms with van der Waals surface area (Å²) in [6.45, 7) is 5.24. The number of aliphatic hydroxyl groups is 1. The molecule has 2 aliphatic rings. The van der Waals surface area contributed by atoms with Gasteiger partial charge in [0.15, 0.2) is 0 Å². The van der Waals surface area contributed by atoms with Crippen LogP contribution in [0.25, 0.3) is 0 Å². The second-order valence-corrected chi connectivity index (χ2v) is 19.7. The molecule has 1 saturated heterocycles. The lowest BCUT2D eigenvalue weighted by Crippen LogP contribution is -2.60. The highest BCUT2D eigenvalue weighted by molar-refractivity contribution is 8.76. The molecule has 25 heteroatoms. The van der Waals surface area contributed by atoms with Gasteiger partial charge in [-0.1, -0.05) is 66.1 Å². The van der Waals surface area contributed by atoms with Gasteiger partial charge in [-0.25, -0.2) is 4.99 Å². The van der Waals surface area contributed by atoms with E-state index >= 15 is 0 Å². The Morgan fingerprint density at radius 1 is 0.704 bits per heavy atom. The Morgan fingerprint density at radius 2 is 1.20 bits per heavy atom. The molecule has 0 bridgehead atoms. The summed E-state index contributed by atoms with van der Waals surface area (Å²) in [7, 11) is 2.26. The van der Waals surface area contributed by atoms with Crippen LogP contribution >= 0.6 is 21.6 Å². The quantitative estimate of drug-likeness (QED) is 0.0993. The minimum absolute atomic E-state index is 0.0265. The number of fused-ring (bicyclic) bond motifs is 1. The monoisotopic (exact) mass is 1030 g/mol. The van der Waals surface area contributed by atoms with Crippen molar-refractivity contribution < 1.29 is 63.3 Å². The first-order chi connectivity index (χ1) is 33.7. The van der Waals surface area contributed by atoms with Crippen LogP contribution in [0.5, 0.6) is 11.5 Å². The molecular weight excluding hydrogens is 965 g/mol. The van der Waals surface area contributed by atoms with Crippen molar-refractivity contribution in [1.29, 1.82) is 0 Å². The first-order valence-corrected chi connectivity index (χ1v) is 25.4. The number of aromatic hydroxyl groups is 2. The number of aliphatic hydroxyl groups excluding tert-OH is 1. The summed E-state index contributed by atoms with van der Waals surface area (Å²) < 4.78 is 0. The third-order valence-corrected chi connectivity index (χ3v) is 14.1. The minimum atomic E-state index is -1.69. The van der Waals surface area contributed by atoms with Crippen molar-refractivity contribution >= 4 is 87.3 Å². The first kappa shape index (κ1) is 57.0. The van der Waals surface area contributed by atoms with E-state index in [2.05, 4.69) is 42.2 Å². The third-order valence-electron chi connectivity index (χ3n) is 11.6. The Balaban J connectivity index is 1.64. The van der Waals surface area contributed by atoms with Gasteiger partial charge in [-0.3, -0.25) is 43.2 Å². The largest absolute Gasteiger partial charge is 0.508 e. The molecule has 71 heavy (non-hydrogen) atoms. The number of aliphatic imine (C=N–C) groups is 1. The van der Waals surface area contributed by atoms with E-state index in [0.29, 0.717) is 36.5 Å². The number of phenolic OH excluding ortho intramolecular Hbond substituents is 2. The summed E-state index contributed by atoms with van der Waals surface area (Å²) in [5.41, 5.74) is 7.17. The molecule has 9 amide bonds. The molecule has 2 aromatic carbocycles. The van der Waals surface area contributed by atoms with Crippen LogP contribution in [0.4, 0.5) is 0 Å². The maximum absolute atomic E-state index is 14.0. The highest BCUT2D eigenvalue weighted by atomic mass is 33.1. The number of carbonyl (C=O) groups is 10. The average Bonchev–Trinajstić information content (AvgIpc) is 3.85. The van der Waals surface area contributed by atoms with Crippen molar-refractivity contribution in [3.63, 3.8) is 0 Å². The topological polar surface area (TPSA) is 357 Å². The number of carbonyl (C=O) groups excluding carboxylic acids is 10. The maximum atomic E-state index is 14.0. The van der Waals surface area contributed by atoms with Gasteiger partial charge in [-0.15, -0.1) is 0 Å². The van der Waals surface area contributed by atoms with Crippen LogP contribution in [0.2, 0.25) is 0 Å².